The van der Waals surface area contributed by atoms with Gasteiger partial charge in [0.05, 0.1) is 26.5 Å². The molecule has 2 N–H and O–H groups in total. The number of nitrogens with zero attached hydrogens (tertiary/aromatic N) is 1. The second-order valence-electron chi connectivity index (χ2n) is 8.29. The van der Waals surface area contributed by atoms with E-state index >= 15 is 0 Å². The van der Waals surface area contributed by atoms with Crippen LogP contribution in [0.5, 0.6) is 11.5 Å². The number of aromatic nitrogens is 1. The van der Waals surface area contributed by atoms with Gasteiger partial charge in [-0.05, 0) is 56.5 Å². The Morgan fingerprint density at radius 3 is 2.31 bits per heavy atom. The first-order valence-electron chi connectivity index (χ1n) is 11.5. The number of esters is 1. The van der Waals surface area contributed by atoms with E-state index in [9.17, 15) is 9.59 Å². The van der Waals surface area contributed by atoms with Crippen molar-refractivity contribution in [1.29, 1.82) is 0 Å². The number of aromatic amines is 1. The highest BCUT2D eigenvalue weighted by atomic mass is 16.5. The molecule has 0 aliphatic carbocycles. The quantitative estimate of drug-likeness (QED) is 0.403. The molecule has 2 aromatic carbocycles. The van der Waals surface area contributed by atoms with Gasteiger partial charge >= 0.3 is 12.0 Å². The number of H-pyrrole nitrogens is 1. The third-order valence-electron chi connectivity index (χ3n) is 5.85. The maximum atomic E-state index is 13.5. The van der Waals surface area contributed by atoms with E-state index in [0.29, 0.717) is 36.0 Å². The molecule has 1 aromatic heterocycles. The van der Waals surface area contributed by atoms with Gasteiger partial charge in [0.1, 0.15) is 17.2 Å². The number of ether oxygens (including phenoxy) is 3. The number of aryl methyl sites for hydroxylation is 2. The molecule has 186 valence electrons. The third kappa shape index (κ3) is 6.15. The highest BCUT2D eigenvalue weighted by Crippen LogP contribution is 2.30. The lowest BCUT2D eigenvalue weighted by Gasteiger charge is -2.25. The number of urea groups is 1. The van der Waals surface area contributed by atoms with Crippen LogP contribution in [0.3, 0.4) is 0 Å². The second kappa shape index (κ2) is 11.5. The Kier molecular flexibility index (Phi) is 8.41. The summed E-state index contributed by atoms with van der Waals surface area (Å²) in [7, 11) is 3.11. The summed E-state index contributed by atoms with van der Waals surface area (Å²) in [5, 5.41) is 2.96. The number of benzene rings is 2. The van der Waals surface area contributed by atoms with E-state index in [-0.39, 0.29) is 12.6 Å². The summed E-state index contributed by atoms with van der Waals surface area (Å²) in [6.07, 6.45) is 0. The van der Waals surface area contributed by atoms with Crippen LogP contribution in [0.2, 0.25) is 0 Å². The second-order valence-corrected chi connectivity index (χ2v) is 8.29. The lowest BCUT2D eigenvalue weighted by molar-refractivity contribution is 0.0519. The molecule has 3 aromatic rings. The fourth-order valence-corrected chi connectivity index (χ4v) is 3.84. The summed E-state index contributed by atoms with van der Waals surface area (Å²) in [5.41, 5.74) is 5.48. The molecule has 0 saturated carbocycles. The molecule has 0 aliphatic rings. The zero-order valence-electron chi connectivity index (χ0n) is 21.2. The van der Waals surface area contributed by atoms with Crippen molar-refractivity contribution in [1.82, 2.24) is 9.88 Å². The number of anilines is 1. The molecule has 0 fully saturated rings. The molecule has 0 unspecified atom stereocenters. The Hall–Kier alpha value is -3.94. The lowest BCUT2D eigenvalue weighted by Crippen LogP contribution is -2.34. The molecule has 35 heavy (non-hydrogen) atoms. The summed E-state index contributed by atoms with van der Waals surface area (Å²) in [6, 6.07) is 12.9. The van der Waals surface area contributed by atoms with Crippen molar-refractivity contribution >= 4 is 17.7 Å². The van der Waals surface area contributed by atoms with Crippen LogP contribution in [0.15, 0.2) is 42.5 Å². The molecule has 0 bridgehead atoms. The molecule has 8 nitrogen and oxygen atoms in total. The molecule has 0 spiro atoms. The zero-order valence-corrected chi connectivity index (χ0v) is 21.2. The maximum Gasteiger partial charge on any atom is 0.355 e. The van der Waals surface area contributed by atoms with E-state index in [0.717, 1.165) is 27.9 Å². The van der Waals surface area contributed by atoms with Crippen molar-refractivity contribution in [3.05, 3.63) is 76.1 Å². The van der Waals surface area contributed by atoms with Crippen molar-refractivity contribution in [2.45, 2.75) is 40.8 Å². The van der Waals surface area contributed by atoms with Gasteiger partial charge in [-0.1, -0.05) is 29.8 Å². The summed E-state index contributed by atoms with van der Waals surface area (Å²) >= 11 is 0. The third-order valence-corrected chi connectivity index (χ3v) is 5.85. The predicted molar refractivity (Wildman–Crippen MR) is 135 cm³/mol. The van der Waals surface area contributed by atoms with Crippen LogP contribution in [0, 0.1) is 20.8 Å². The normalized spacial score (nSPS) is 10.6. The number of hydrogen-bond donors (Lipinski definition) is 2. The summed E-state index contributed by atoms with van der Waals surface area (Å²) in [5.74, 6) is 0.714. The minimum absolute atomic E-state index is 0.288. The first-order valence-corrected chi connectivity index (χ1v) is 11.5. The number of rotatable bonds is 9. The van der Waals surface area contributed by atoms with Crippen LogP contribution in [0.25, 0.3) is 0 Å². The van der Waals surface area contributed by atoms with E-state index in [4.69, 9.17) is 14.2 Å². The molecule has 1 heterocycles. The summed E-state index contributed by atoms with van der Waals surface area (Å²) in [4.78, 5) is 30.7. The molecule has 8 heteroatoms. The largest absolute Gasteiger partial charge is 0.497 e. The molecule has 2 amide bonds. The topological polar surface area (TPSA) is 92.9 Å². The Labute approximate surface area is 206 Å². The average Bonchev–Trinajstić information content (AvgIpc) is 3.13. The van der Waals surface area contributed by atoms with Gasteiger partial charge in [-0.15, -0.1) is 0 Å². The smallest absolute Gasteiger partial charge is 0.355 e. The van der Waals surface area contributed by atoms with Crippen LogP contribution < -0.4 is 14.8 Å². The van der Waals surface area contributed by atoms with E-state index < -0.39 is 5.97 Å². The van der Waals surface area contributed by atoms with Gasteiger partial charge in [0, 0.05) is 24.8 Å². The number of hydrogen-bond acceptors (Lipinski definition) is 5. The fourth-order valence-electron chi connectivity index (χ4n) is 3.84. The summed E-state index contributed by atoms with van der Waals surface area (Å²) in [6.45, 7) is 8.49. The molecular formula is C27H33N3O5. The highest BCUT2D eigenvalue weighted by Gasteiger charge is 2.23. The molecular weight excluding hydrogens is 446 g/mol. The van der Waals surface area contributed by atoms with E-state index in [1.54, 1.807) is 44.2 Å². The lowest BCUT2D eigenvalue weighted by atomic mass is 10.1. The number of carbonyl (C=O) groups is 2. The van der Waals surface area contributed by atoms with Gasteiger partial charge in [-0.3, -0.25) is 0 Å². The number of carbonyl (C=O) groups excluding carboxylic acids is 2. The van der Waals surface area contributed by atoms with Crippen LogP contribution in [0.4, 0.5) is 10.5 Å². The fraction of sp³-hybridized carbons (Fsp3) is 0.333. The van der Waals surface area contributed by atoms with Crippen LogP contribution in [-0.2, 0) is 17.8 Å². The van der Waals surface area contributed by atoms with Crippen molar-refractivity contribution < 1.29 is 23.8 Å². The van der Waals surface area contributed by atoms with Gasteiger partial charge in [-0.25, -0.2) is 9.59 Å². The number of nitrogens with one attached hydrogen (secondary N) is 2. The van der Waals surface area contributed by atoms with Crippen LogP contribution in [0.1, 0.15) is 45.4 Å². The van der Waals surface area contributed by atoms with E-state index in [1.165, 1.54) is 0 Å². The SMILES string of the molecule is CCOC(=O)c1[nH]c(C)c(CN(Cc2ccc(C)cc2)C(=O)Nc2cc(OC)ccc2OC)c1C. The monoisotopic (exact) mass is 479 g/mol. The van der Waals surface area contributed by atoms with E-state index in [1.807, 2.05) is 45.0 Å². The minimum atomic E-state index is -0.407. The summed E-state index contributed by atoms with van der Waals surface area (Å²) < 4.78 is 15.9. The van der Waals surface area contributed by atoms with Crippen molar-refractivity contribution in [3.63, 3.8) is 0 Å². The zero-order chi connectivity index (χ0) is 25.5. The van der Waals surface area contributed by atoms with Crippen LogP contribution in [-0.4, -0.2) is 42.7 Å². The average molecular weight is 480 g/mol. The van der Waals surface area contributed by atoms with Gasteiger partial charge < -0.3 is 29.4 Å². The molecule has 0 atom stereocenters. The maximum absolute atomic E-state index is 13.5. The highest BCUT2D eigenvalue weighted by molar-refractivity contribution is 5.92. The number of amides is 2. The van der Waals surface area contributed by atoms with Gasteiger partial charge in [-0.2, -0.15) is 0 Å². The predicted octanol–water partition coefficient (Wildman–Crippen LogP) is 5.37. The van der Waals surface area contributed by atoms with Gasteiger partial charge in [0.2, 0.25) is 0 Å². The van der Waals surface area contributed by atoms with Crippen LogP contribution >= 0.6 is 0 Å². The number of methoxy groups -OCH3 is 2. The van der Waals surface area contributed by atoms with E-state index in [2.05, 4.69) is 10.3 Å². The Bertz CT molecular complexity index is 1180. The molecule has 0 aliphatic heterocycles. The molecule has 0 saturated heterocycles. The van der Waals surface area contributed by atoms with Gasteiger partial charge in [0.25, 0.3) is 0 Å². The first-order chi connectivity index (χ1) is 16.8. The Balaban J connectivity index is 1.94. The van der Waals surface area contributed by atoms with Crippen molar-refractivity contribution in [2.24, 2.45) is 0 Å². The Morgan fingerprint density at radius 1 is 0.971 bits per heavy atom. The van der Waals surface area contributed by atoms with Crippen molar-refractivity contribution in [2.75, 3.05) is 26.1 Å². The molecule has 3 rings (SSSR count). The first kappa shape index (κ1) is 25.7. The van der Waals surface area contributed by atoms with Crippen molar-refractivity contribution in [3.8, 4) is 11.5 Å². The minimum Gasteiger partial charge on any atom is -0.497 e. The van der Waals surface area contributed by atoms with Gasteiger partial charge in [0.15, 0.2) is 0 Å². The molecule has 0 radical (unpaired) electrons. The Morgan fingerprint density at radius 2 is 1.69 bits per heavy atom. The standard InChI is InChI=1S/C27H33N3O5/c1-7-35-26(31)25-18(3)22(19(4)28-25)16-30(15-20-10-8-17(2)9-11-20)27(32)29-23-14-21(33-5)12-13-24(23)34-6/h8-14,28H,7,15-16H2,1-6H3,(H,29,32).